The van der Waals surface area contributed by atoms with Crippen LogP contribution in [-0.4, -0.2) is 74.6 Å². The highest BCUT2D eigenvalue weighted by Crippen LogP contribution is 2.51. The highest BCUT2D eigenvalue weighted by atomic mass is 32.7. The van der Waals surface area contributed by atoms with Crippen LogP contribution in [0.1, 0.15) is 0 Å². The molecule has 1 aliphatic heterocycles. The molecule has 0 bridgehead atoms. The first-order valence-corrected chi connectivity index (χ1v) is 11.0. The molecule has 152 valence electrons. The van der Waals surface area contributed by atoms with Gasteiger partial charge in [-0.05, 0) is 35.6 Å². The molecule has 1 aromatic carbocycles. The van der Waals surface area contributed by atoms with Crippen molar-refractivity contribution in [2.45, 2.75) is 30.7 Å². The van der Waals surface area contributed by atoms with Crippen molar-refractivity contribution in [1.29, 1.82) is 0 Å². The predicted molar refractivity (Wildman–Crippen MR) is 96.3 cm³/mol. The highest BCUT2D eigenvalue weighted by Gasteiger charge is 2.45. The minimum absolute atomic E-state index is 0.242. The van der Waals surface area contributed by atoms with Crippen LogP contribution in [0.5, 0.6) is 5.75 Å². The summed E-state index contributed by atoms with van der Waals surface area (Å²) in [5, 5.41) is 34.8. The summed E-state index contributed by atoms with van der Waals surface area (Å²) >= 11 is 0.252. The quantitative estimate of drug-likeness (QED) is 0.293. The van der Waals surface area contributed by atoms with Gasteiger partial charge in [-0.15, -0.1) is 0 Å². The van der Waals surface area contributed by atoms with Crippen LogP contribution in [0.15, 0.2) is 24.3 Å². The van der Waals surface area contributed by atoms with Crippen LogP contribution >= 0.6 is 18.2 Å². The van der Waals surface area contributed by atoms with Gasteiger partial charge in [0.2, 0.25) is 6.29 Å². The molecular formula is C14H21N2O9PS. The number of carbonyl (C=O) groups excluding carboxylic acids is 1. The number of aliphatic hydroxyl groups excluding tert-OH is 3. The maximum atomic E-state index is 11.2. The molecule has 2 amide bonds. The molecule has 11 nitrogen and oxygen atoms in total. The predicted octanol–water partition coefficient (Wildman–Crippen LogP) is -0.550. The third-order valence-electron chi connectivity index (χ3n) is 3.67. The fourth-order valence-corrected chi connectivity index (χ4v) is 3.91. The van der Waals surface area contributed by atoms with Gasteiger partial charge in [-0.3, -0.25) is 0 Å². The number of carbonyl (C=O) groups is 1. The highest BCUT2D eigenvalue weighted by molar-refractivity contribution is 8.54. The first-order chi connectivity index (χ1) is 12.6. The Hall–Kier alpha value is -1.37. The lowest BCUT2D eigenvalue weighted by atomic mass is 10.00. The number of anilines is 1. The summed E-state index contributed by atoms with van der Waals surface area (Å²) in [5.74, 6) is -0.0733. The van der Waals surface area contributed by atoms with Gasteiger partial charge in [0.15, 0.2) is 0 Å². The van der Waals surface area contributed by atoms with Gasteiger partial charge in [0.25, 0.3) is 0 Å². The van der Waals surface area contributed by atoms with Crippen molar-refractivity contribution in [3.05, 3.63) is 24.3 Å². The Morgan fingerprint density at radius 3 is 2.37 bits per heavy atom. The molecule has 0 spiro atoms. The van der Waals surface area contributed by atoms with Gasteiger partial charge in [-0.2, -0.15) is 0 Å². The number of urea groups is 1. The molecule has 0 aromatic heterocycles. The maximum absolute atomic E-state index is 11.2. The molecule has 1 fully saturated rings. The second-order valence-corrected chi connectivity index (χ2v) is 9.42. The Kier molecular flexibility index (Phi) is 7.48. The Labute approximate surface area is 158 Å². The van der Waals surface area contributed by atoms with E-state index in [2.05, 4.69) is 10.6 Å². The molecule has 5 atom stereocenters. The van der Waals surface area contributed by atoms with Crippen LogP contribution in [0.2, 0.25) is 0 Å². The van der Waals surface area contributed by atoms with Gasteiger partial charge >= 0.3 is 12.8 Å². The van der Waals surface area contributed by atoms with E-state index in [-0.39, 0.29) is 22.9 Å². The summed E-state index contributed by atoms with van der Waals surface area (Å²) in [4.78, 5) is 29.1. The van der Waals surface area contributed by atoms with E-state index < -0.39 is 43.5 Å². The summed E-state index contributed by atoms with van der Waals surface area (Å²) < 4.78 is 21.8. The van der Waals surface area contributed by atoms with Crippen LogP contribution in [0.4, 0.5) is 10.5 Å². The van der Waals surface area contributed by atoms with Gasteiger partial charge in [0, 0.05) is 18.5 Å². The molecule has 1 saturated heterocycles. The second-order valence-electron chi connectivity index (χ2n) is 5.65. The van der Waals surface area contributed by atoms with Gasteiger partial charge in [0.05, 0.1) is 6.10 Å². The minimum Gasteiger partial charge on any atom is -0.462 e. The SMILES string of the molecule is CNC(=O)Nc1ccc(O[C@H]2O[C@H](CSP(=O)(O)O)[C@@H](O)[C@H](O)[C@@H]2O)cc1. The van der Waals surface area contributed by atoms with E-state index in [1.807, 2.05) is 0 Å². The number of ether oxygens (including phenoxy) is 2. The van der Waals surface area contributed by atoms with Gasteiger partial charge in [-0.1, -0.05) is 0 Å². The Morgan fingerprint density at radius 1 is 1.19 bits per heavy atom. The molecular weight excluding hydrogens is 403 g/mol. The fourth-order valence-electron chi connectivity index (χ4n) is 2.27. The number of nitrogens with one attached hydrogen (secondary N) is 2. The van der Waals surface area contributed by atoms with Crippen LogP contribution in [-0.2, 0) is 9.30 Å². The first kappa shape index (κ1) is 21.9. The van der Waals surface area contributed by atoms with Crippen LogP contribution in [0.3, 0.4) is 0 Å². The number of amides is 2. The van der Waals surface area contributed by atoms with Gasteiger partial charge in [-0.25, -0.2) is 9.36 Å². The zero-order chi connectivity index (χ0) is 20.2. The van der Waals surface area contributed by atoms with Crippen molar-refractivity contribution in [2.24, 2.45) is 0 Å². The van der Waals surface area contributed by atoms with E-state index in [4.69, 9.17) is 19.3 Å². The van der Waals surface area contributed by atoms with E-state index in [0.717, 1.165) is 0 Å². The third-order valence-corrected chi connectivity index (χ3v) is 5.94. The summed E-state index contributed by atoms with van der Waals surface area (Å²) in [6.07, 6.45) is -7.29. The Morgan fingerprint density at radius 2 is 1.81 bits per heavy atom. The van der Waals surface area contributed by atoms with Crippen molar-refractivity contribution < 1.29 is 43.9 Å². The first-order valence-electron chi connectivity index (χ1n) is 7.76. The lowest BCUT2D eigenvalue weighted by Crippen LogP contribution is -2.59. The normalized spacial score (nSPS) is 28.4. The lowest BCUT2D eigenvalue weighted by molar-refractivity contribution is -0.266. The number of hydrogen-bond donors (Lipinski definition) is 7. The van der Waals surface area contributed by atoms with Gasteiger partial charge < -0.3 is 45.2 Å². The Balaban J connectivity index is 2.03. The molecule has 0 aliphatic carbocycles. The zero-order valence-electron chi connectivity index (χ0n) is 14.1. The molecule has 1 aliphatic rings. The monoisotopic (exact) mass is 424 g/mol. The molecule has 2 rings (SSSR count). The standard InChI is InChI=1S/C14H21N2O9PS/c1-15-14(20)16-7-2-4-8(5-3-7)24-13-12(19)11(18)10(17)9(25-13)6-27-26(21,22)23/h2-5,9-13,17-19H,6H2,1H3,(H2,15,16,20)(H2,21,22,23)/t9-,10-,11+,12+,13+/m1/s1. The molecule has 0 radical (unpaired) electrons. The molecule has 27 heavy (non-hydrogen) atoms. The third kappa shape index (κ3) is 6.33. The summed E-state index contributed by atoms with van der Waals surface area (Å²) in [6, 6.07) is 5.63. The van der Waals surface area contributed by atoms with Crippen molar-refractivity contribution in [3.63, 3.8) is 0 Å². The molecule has 0 saturated carbocycles. The van der Waals surface area contributed by atoms with E-state index >= 15 is 0 Å². The molecule has 0 unspecified atom stereocenters. The van der Waals surface area contributed by atoms with Crippen LogP contribution in [0.25, 0.3) is 0 Å². The van der Waals surface area contributed by atoms with Crippen LogP contribution < -0.4 is 15.4 Å². The topological polar surface area (TPSA) is 178 Å². The summed E-state index contributed by atoms with van der Waals surface area (Å²) in [5.41, 5.74) is 0.484. The van der Waals surface area contributed by atoms with E-state index in [1.54, 1.807) is 0 Å². The fraction of sp³-hybridized carbons (Fsp3) is 0.500. The van der Waals surface area contributed by atoms with Gasteiger partial charge in [0.1, 0.15) is 24.1 Å². The number of benzene rings is 1. The second kappa shape index (κ2) is 9.22. The Bertz CT molecular complexity index is 686. The number of hydrogen-bond acceptors (Lipinski definition) is 8. The van der Waals surface area contributed by atoms with Crippen LogP contribution in [0, 0.1) is 0 Å². The van der Waals surface area contributed by atoms with Crippen molar-refractivity contribution in [3.8, 4) is 5.75 Å². The summed E-state index contributed by atoms with van der Waals surface area (Å²) in [7, 11) is 1.47. The maximum Gasteiger partial charge on any atom is 0.384 e. The minimum atomic E-state index is -4.40. The number of aliphatic hydroxyl groups is 3. The molecule has 1 heterocycles. The van der Waals surface area contributed by atoms with E-state index in [0.29, 0.717) is 5.69 Å². The molecule has 13 heteroatoms. The van der Waals surface area contributed by atoms with Crippen molar-refractivity contribution in [2.75, 3.05) is 18.1 Å². The average Bonchev–Trinajstić information content (AvgIpc) is 2.61. The number of rotatable bonds is 6. The summed E-state index contributed by atoms with van der Waals surface area (Å²) in [6.45, 7) is -4.40. The molecule has 7 N–H and O–H groups in total. The van der Waals surface area contributed by atoms with E-state index in [9.17, 15) is 24.7 Å². The van der Waals surface area contributed by atoms with E-state index in [1.165, 1.54) is 31.3 Å². The van der Waals surface area contributed by atoms with Crippen molar-refractivity contribution in [1.82, 2.24) is 5.32 Å². The average molecular weight is 424 g/mol. The lowest BCUT2D eigenvalue weighted by Gasteiger charge is -2.40. The van der Waals surface area contributed by atoms with Crippen molar-refractivity contribution >= 4 is 29.9 Å². The zero-order valence-corrected chi connectivity index (χ0v) is 15.8. The molecule has 1 aromatic rings. The smallest absolute Gasteiger partial charge is 0.384 e. The largest absolute Gasteiger partial charge is 0.462 e.